The van der Waals surface area contributed by atoms with Crippen LogP contribution in [0, 0.1) is 19.8 Å². The van der Waals surface area contributed by atoms with Crippen molar-refractivity contribution in [3.63, 3.8) is 0 Å². The minimum atomic E-state index is 0.113. The Hall–Kier alpha value is -2.05. The number of rotatable bonds is 4. The monoisotopic (exact) mass is 348 g/mol. The maximum absolute atomic E-state index is 12.2. The molecule has 0 saturated heterocycles. The predicted octanol–water partition coefficient (Wildman–Crippen LogP) is 1.35. The fourth-order valence-corrected chi connectivity index (χ4v) is 3.54. The summed E-state index contributed by atoms with van der Waals surface area (Å²) in [5, 5.41) is 11.3. The van der Waals surface area contributed by atoms with Crippen LogP contribution in [-0.2, 0) is 18.4 Å². The van der Waals surface area contributed by atoms with E-state index >= 15 is 0 Å². The molecule has 0 radical (unpaired) electrons. The lowest BCUT2D eigenvalue weighted by molar-refractivity contribution is -0.134. The Balaban J connectivity index is 1.92. The van der Waals surface area contributed by atoms with Crippen LogP contribution >= 0.6 is 0 Å². The molecule has 1 saturated carbocycles. The van der Waals surface area contributed by atoms with Crippen LogP contribution in [0.4, 0.5) is 0 Å². The van der Waals surface area contributed by atoms with E-state index in [9.17, 15) is 4.79 Å². The molecular formula is C18H32N6O. The van der Waals surface area contributed by atoms with Crippen LogP contribution in [0.2, 0.25) is 0 Å². The number of nitrogens with one attached hydrogen (secondary N) is 2. The maximum atomic E-state index is 12.2. The third-order valence-electron chi connectivity index (χ3n) is 5.12. The van der Waals surface area contributed by atoms with Gasteiger partial charge in [-0.2, -0.15) is 5.10 Å². The summed E-state index contributed by atoms with van der Waals surface area (Å²) in [6, 6.07) is 0.282. The van der Waals surface area contributed by atoms with Gasteiger partial charge in [-0.3, -0.25) is 14.5 Å². The molecule has 1 aromatic rings. The van der Waals surface area contributed by atoms with Gasteiger partial charge in [-0.1, -0.05) is 6.42 Å². The molecule has 7 heteroatoms. The van der Waals surface area contributed by atoms with E-state index in [2.05, 4.69) is 27.6 Å². The first-order valence-corrected chi connectivity index (χ1v) is 9.00. The lowest BCUT2D eigenvalue weighted by atomic mass is 9.85. The van der Waals surface area contributed by atoms with Crippen molar-refractivity contribution in [1.82, 2.24) is 25.3 Å². The molecule has 1 aliphatic rings. The van der Waals surface area contributed by atoms with Gasteiger partial charge in [0.25, 0.3) is 0 Å². The van der Waals surface area contributed by atoms with Crippen LogP contribution in [0.15, 0.2) is 4.99 Å². The average Bonchev–Trinajstić information content (AvgIpc) is 2.83. The Morgan fingerprint density at radius 1 is 1.36 bits per heavy atom. The number of guanidine groups is 1. The first-order valence-electron chi connectivity index (χ1n) is 9.00. The fourth-order valence-electron chi connectivity index (χ4n) is 3.54. The quantitative estimate of drug-likeness (QED) is 0.636. The van der Waals surface area contributed by atoms with Gasteiger partial charge in [-0.05, 0) is 33.1 Å². The van der Waals surface area contributed by atoms with Gasteiger partial charge in [0.05, 0.1) is 5.69 Å². The Morgan fingerprint density at radius 3 is 2.64 bits per heavy atom. The van der Waals surface area contributed by atoms with Crippen LogP contribution in [0.1, 0.15) is 42.6 Å². The van der Waals surface area contributed by atoms with Crippen molar-refractivity contribution in [2.75, 3.05) is 21.1 Å². The summed E-state index contributed by atoms with van der Waals surface area (Å²) in [6.45, 7) is 4.79. The van der Waals surface area contributed by atoms with Crippen molar-refractivity contribution >= 4 is 11.9 Å². The number of aryl methyl sites for hydroxylation is 2. The Kier molecular flexibility index (Phi) is 6.45. The molecule has 0 spiro atoms. The Bertz CT molecular complexity index is 634. The number of aromatic nitrogens is 2. The van der Waals surface area contributed by atoms with Crippen LogP contribution in [0.25, 0.3) is 0 Å². The van der Waals surface area contributed by atoms with Crippen LogP contribution in [0.3, 0.4) is 0 Å². The van der Waals surface area contributed by atoms with E-state index in [-0.39, 0.29) is 17.9 Å². The van der Waals surface area contributed by atoms with Gasteiger partial charge in [0.15, 0.2) is 5.96 Å². The second kappa shape index (κ2) is 8.36. The molecule has 0 bridgehead atoms. The summed E-state index contributed by atoms with van der Waals surface area (Å²) in [6.07, 6.45) is 3.99. The molecule has 2 N–H and O–H groups in total. The first-order chi connectivity index (χ1) is 11.8. The molecule has 2 atom stereocenters. The van der Waals surface area contributed by atoms with E-state index in [1.165, 1.54) is 5.56 Å². The molecule has 0 aliphatic heterocycles. The summed E-state index contributed by atoms with van der Waals surface area (Å²) in [4.78, 5) is 18.3. The van der Waals surface area contributed by atoms with Gasteiger partial charge in [0.1, 0.15) is 0 Å². The maximum Gasteiger partial charge on any atom is 0.225 e. The largest absolute Gasteiger partial charge is 0.354 e. The van der Waals surface area contributed by atoms with Crippen molar-refractivity contribution in [2.24, 2.45) is 18.0 Å². The highest BCUT2D eigenvalue weighted by atomic mass is 16.2. The van der Waals surface area contributed by atoms with E-state index < -0.39 is 0 Å². The summed E-state index contributed by atoms with van der Waals surface area (Å²) in [5.74, 6) is 1.13. The smallest absolute Gasteiger partial charge is 0.225 e. The van der Waals surface area contributed by atoms with Gasteiger partial charge in [0.2, 0.25) is 5.91 Å². The first kappa shape index (κ1) is 19.3. The molecule has 1 fully saturated rings. The van der Waals surface area contributed by atoms with Gasteiger partial charge in [-0.25, -0.2) is 0 Å². The van der Waals surface area contributed by atoms with E-state index in [1.54, 1.807) is 11.9 Å². The molecule has 0 aromatic carbocycles. The second-order valence-electron chi connectivity index (χ2n) is 7.14. The van der Waals surface area contributed by atoms with Gasteiger partial charge in [-0.15, -0.1) is 0 Å². The van der Waals surface area contributed by atoms with E-state index in [0.717, 1.165) is 43.0 Å². The normalized spacial score (nSPS) is 21.1. The average molecular weight is 348 g/mol. The van der Waals surface area contributed by atoms with Crippen molar-refractivity contribution in [3.8, 4) is 0 Å². The standard InChI is InChI=1S/C18H32N6O/c1-12-16(13(2)24(6)22-12)11-20-18(19-3)21-15-9-7-8-14(10-15)17(25)23(4)5/h14-15H,7-11H2,1-6H3,(H2,19,20,21). The number of nitrogens with zero attached hydrogens (tertiary/aromatic N) is 4. The molecule has 2 rings (SSSR count). The van der Waals surface area contributed by atoms with Crippen molar-refractivity contribution in [3.05, 3.63) is 17.0 Å². The molecule has 1 aromatic heterocycles. The van der Waals surface area contributed by atoms with Crippen molar-refractivity contribution < 1.29 is 4.79 Å². The molecule has 1 amide bonds. The van der Waals surface area contributed by atoms with E-state index in [0.29, 0.717) is 6.54 Å². The number of hydrogen-bond acceptors (Lipinski definition) is 3. The highest BCUT2D eigenvalue weighted by Crippen LogP contribution is 2.25. The molecule has 140 valence electrons. The zero-order valence-electron chi connectivity index (χ0n) is 16.4. The SMILES string of the molecule is CN=C(NCc1c(C)nn(C)c1C)NC1CCCC(C(=O)N(C)C)C1. The van der Waals surface area contributed by atoms with Gasteiger partial charge >= 0.3 is 0 Å². The molecular weight excluding hydrogens is 316 g/mol. The van der Waals surface area contributed by atoms with Gasteiger partial charge in [0, 0.05) is 58.0 Å². The zero-order valence-corrected chi connectivity index (χ0v) is 16.4. The van der Waals surface area contributed by atoms with Crippen LogP contribution < -0.4 is 10.6 Å². The van der Waals surface area contributed by atoms with E-state index in [1.807, 2.05) is 32.7 Å². The lowest BCUT2D eigenvalue weighted by Crippen LogP contribution is -2.46. The molecule has 1 aliphatic carbocycles. The highest BCUT2D eigenvalue weighted by molar-refractivity contribution is 5.81. The number of carbonyl (C=O) groups is 1. The molecule has 25 heavy (non-hydrogen) atoms. The third-order valence-corrected chi connectivity index (χ3v) is 5.12. The topological polar surface area (TPSA) is 74.5 Å². The minimum absolute atomic E-state index is 0.113. The van der Waals surface area contributed by atoms with Gasteiger partial charge < -0.3 is 15.5 Å². The highest BCUT2D eigenvalue weighted by Gasteiger charge is 2.28. The Morgan fingerprint density at radius 2 is 2.08 bits per heavy atom. The number of carbonyl (C=O) groups excluding carboxylic acids is 1. The number of amides is 1. The van der Waals surface area contributed by atoms with Crippen LogP contribution in [0.5, 0.6) is 0 Å². The van der Waals surface area contributed by atoms with E-state index in [4.69, 9.17) is 0 Å². The third kappa shape index (κ3) is 4.74. The number of hydrogen-bond donors (Lipinski definition) is 2. The van der Waals surface area contributed by atoms with Crippen molar-refractivity contribution in [2.45, 2.75) is 52.1 Å². The Labute approximate surface area is 150 Å². The molecule has 7 nitrogen and oxygen atoms in total. The summed E-state index contributed by atoms with van der Waals surface area (Å²) >= 11 is 0. The van der Waals surface area contributed by atoms with Crippen LogP contribution in [-0.4, -0.2) is 53.7 Å². The number of aliphatic imine (C=N–C) groups is 1. The fraction of sp³-hybridized carbons (Fsp3) is 0.722. The molecule has 1 heterocycles. The molecule has 2 unspecified atom stereocenters. The summed E-state index contributed by atoms with van der Waals surface area (Å²) in [5.41, 5.74) is 3.40. The summed E-state index contributed by atoms with van der Waals surface area (Å²) in [7, 11) is 7.41. The lowest BCUT2D eigenvalue weighted by Gasteiger charge is -2.31. The summed E-state index contributed by atoms with van der Waals surface area (Å²) < 4.78 is 1.90. The zero-order chi connectivity index (χ0) is 18.6. The second-order valence-corrected chi connectivity index (χ2v) is 7.14. The minimum Gasteiger partial charge on any atom is -0.354 e. The predicted molar refractivity (Wildman–Crippen MR) is 100 cm³/mol. The van der Waals surface area contributed by atoms with Crippen molar-refractivity contribution in [1.29, 1.82) is 0 Å².